The summed E-state index contributed by atoms with van der Waals surface area (Å²) in [7, 11) is 2.23. The summed E-state index contributed by atoms with van der Waals surface area (Å²) in [4.78, 5) is 6.69. The smallest absolute Gasteiger partial charge is 0.0949 e. The van der Waals surface area contributed by atoms with Crippen molar-refractivity contribution in [3.8, 4) is 0 Å². The first-order valence-corrected chi connectivity index (χ1v) is 6.41. The largest absolute Gasteiger partial charge is 0.337 e. The maximum atomic E-state index is 4.25. The van der Waals surface area contributed by atoms with Gasteiger partial charge in [-0.2, -0.15) is 0 Å². The lowest BCUT2D eigenvalue weighted by atomic mass is 9.92. The van der Waals surface area contributed by atoms with E-state index in [9.17, 15) is 0 Å². The Balaban J connectivity index is 1.64. The van der Waals surface area contributed by atoms with Crippen molar-refractivity contribution in [1.82, 2.24) is 14.5 Å². The van der Waals surface area contributed by atoms with Gasteiger partial charge in [0, 0.05) is 12.7 Å². The maximum absolute atomic E-state index is 4.25. The highest BCUT2D eigenvalue weighted by Gasteiger charge is 2.15. The third kappa shape index (κ3) is 3.34. The van der Waals surface area contributed by atoms with E-state index in [1.807, 2.05) is 13.3 Å². The first-order valence-electron chi connectivity index (χ1n) is 6.41. The van der Waals surface area contributed by atoms with Crippen LogP contribution in [0.5, 0.6) is 0 Å². The Hall–Kier alpha value is -0.830. The minimum absolute atomic E-state index is 0.959. The van der Waals surface area contributed by atoms with Gasteiger partial charge in [-0.25, -0.2) is 4.98 Å². The van der Waals surface area contributed by atoms with Crippen LogP contribution in [0.1, 0.15) is 31.4 Å². The van der Waals surface area contributed by atoms with Crippen LogP contribution in [0.4, 0.5) is 0 Å². The molecule has 0 radical (unpaired) electrons. The summed E-state index contributed by atoms with van der Waals surface area (Å²) < 4.78 is 2.21. The Kier molecular flexibility index (Phi) is 3.99. The molecule has 0 spiro atoms. The third-order valence-electron chi connectivity index (χ3n) is 3.63. The van der Waals surface area contributed by atoms with Crippen LogP contribution in [0, 0.1) is 12.8 Å². The number of imidazole rings is 1. The van der Waals surface area contributed by atoms with Crippen molar-refractivity contribution in [1.29, 1.82) is 0 Å². The van der Waals surface area contributed by atoms with Gasteiger partial charge in [-0.1, -0.05) is 0 Å². The molecular formula is C13H23N3. The molecule has 0 saturated carbocycles. The molecule has 0 atom stereocenters. The maximum Gasteiger partial charge on any atom is 0.0949 e. The quantitative estimate of drug-likeness (QED) is 0.778. The topological polar surface area (TPSA) is 21.1 Å². The highest BCUT2D eigenvalue weighted by molar-refractivity contribution is 4.91. The molecule has 1 aliphatic rings. The monoisotopic (exact) mass is 221 g/mol. The molecule has 1 aromatic rings. The average Bonchev–Trinajstić information content (AvgIpc) is 2.67. The minimum Gasteiger partial charge on any atom is -0.337 e. The third-order valence-corrected chi connectivity index (χ3v) is 3.63. The van der Waals surface area contributed by atoms with Crippen LogP contribution >= 0.6 is 0 Å². The lowest BCUT2D eigenvalue weighted by Crippen LogP contribution is -2.30. The molecule has 2 rings (SSSR count). The molecule has 90 valence electrons. The number of piperidine rings is 1. The molecule has 0 N–H and O–H groups in total. The van der Waals surface area contributed by atoms with Crippen LogP contribution in [0.15, 0.2) is 12.5 Å². The van der Waals surface area contributed by atoms with Gasteiger partial charge in [-0.15, -0.1) is 0 Å². The van der Waals surface area contributed by atoms with Crippen molar-refractivity contribution in [3.63, 3.8) is 0 Å². The molecule has 0 unspecified atom stereocenters. The fourth-order valence-corrected chi connectivity index (χ4v) is 2.51. The van der Waals surface area contributed by atoms with Gasteiger partial charge in [0.15, 0.2) is 0 Å². The summed E-state index contributed by atoms with van der Waals surface area (Å²) in [6.45, 7) is 5.75. The Morgan fingerprint density at radius 3 is 2.75 bits per heavy atom. The van der Waals surface area contributed by atoms with Crippen molar-refractivity contribution in [2.75, 3.05) is 20.1 Å². The average molecular weight is 221 g/mol. The van der Waals surface area contributed by atoms with E-state index in [0.29, 0.717) is 0 Å². The lowest BCUT2D eigenvalue weighted by molar-refractivity contribution is 0.209. The molecule has 1 saturated heterocycles. The molecule has 1 aromatic heterocycles. The Morgan fingerprint density at radius 2 is 2.12 bits per heavy atom. The van der Waals surface area contributed by atoms with Crippen molar-refractivity contribution in [2.24, 2.45) is 5.92 Å². The van der Waals surface area contributed by atoms with Gasteiger partial charge in [0.1, 0.15) is 0 Å². The number of hydrogen-bond acceptors (Lipinski definition) is 2. The molecule has 0 aliphatic carbocycles. The van der Waals surface area contributed by atoms with E-state index in [0.717, 1.165) is 18.2 Å². The van der Waals surface area contributed by atoms with Crippen LogP contribution in [0.2, 0.25) is 0 Å². The molecule has 1 fully saturated rings. The molecule has 0 aromatic carbocycles. The summed E-state index contributed by atoms with van der Waals surface area (Å²) in [6.07, 6.45) is 9.53. The van der Waals surface area contributed by atoms with Crippen molar-refractivity contribution >= 4 is 0 Å². The standard InChI is InChI=1S/C13H23N3/c1-12-10-16(11-14-12)7-3-4-13-5-8-15(2)9-6-13/h10-11,13H,3-9H2,1-2H3. The van der Waals surface area contributed by atoms with Gasteiger partial charge < -0.3 is 9.47 Å². The second kappa shape index (κ2) is 5.48. The van der Waals surface area contributed by atoms with E-state index in [1.165, 1.54) is 38.8 Å². The molecule has 16 heavy (non-hydrogen) atoms. The molecule has 0 bridgehead atoms. The number of likely N-dealkylation sites (tertiary alicyclic amines) is 1. The van der Waals surface area contributed by atoms with Gasteiger partial charge >= 0.3 is 0 Å². The molecular weight excluding hydrogens is 198 g/mol. The number of hydrogen-bond donors (Lipinski definition) is 0. The lowest BCUT2D eigenvalue weighted by Gasteiger charge is -2.28. The number of aromatic nitrogens is 2. The van der Waals surface area contributed by atoms with Gasteiger partial charge in [-0.3, -0.25) is 0 Å². The molecule has 3 nitrogen and oxygen atoms in total. The van der Waals surface area contributed by atoms with Crippen molar-refractivity contribution < 1.29 is 0 Å². The van der Waals surface area contributed by atoms with Crippen molar-refractivity contribution in [3.05, 3.63) is 18.2 Å². The fourth-order valence-electron chi connectivity index (χ4n) is 2.51. The SMILES string of the molecule is Cc1cn(CCCC2CCN(C)CC2)cn1. The van der Waals surface area contributed by atoms with E-state index in [4.69, 9.17) is 0 Å². The van der Waals surface area contributed by atoms with Gasteiger partial charge in [-0.05, 0) is 58.7 Å². The highest BCUT2D eigenvalue weighted by atomic mass is 15.1. The van der Waals surface area contributed by atoms with Gasteiger partial charge in [0.05, 0.1) is 12.0 Å². The van der Waals surface area contributed by atoms with E-state index in [-0.39, 0.29) is 0 Å². The van der Waals surface area contributed by atoms with Gasteiger partial charge in [0.25, 0.3) is 0 Å². The Labute approximate surface area is 98.5 Å². The van der Waals surface area contributed by atoms with Crippen LogP contribution in [-0.4, -0.2) is 34.6 Å². The Morgan fingerprint density at radius 1 is 1.38 bits per heavy atom. The predicted octanol–water partition coefficient (Wildman–Crippen LogP) is 2.31. The zero-order valence-corrected chi connectivity index (χ0v) is 10.5. The van der Waals surface area contributed by atoms with E-state index in [1.54, 1.807) is 0 Å². The first kappa shape index (κ1) is 11.6. The summed E-state index contributed by atoms with van der Waals surface area (Å²) in [5.74, 6) is 0.959. The molecule has 2 heterocycles. The summed E-state index contributed by atoms with van der Waals surface area (Å²) in [5, 5.41) is 0. The summed E-state index contributed by atoms with van der Waals surface area (Å²) in [5.41, 5.74) is 1.12. The van der Waals surface area contributed by atoms with E-state index in [2.05, 4.69) is 27.7 Å². The summed E-state index contributed by atoms with van der Waals surface area (Å²) >= 11 is 0. The number of nitrogens with zero attached hydrogens (tertiary/aromatic N) is 3. The molecule has 0 amide bonds. The second-order valence-corrected chi connectivity index (χ2v) is 5.14. The van der Waals surface area contributed by atoms with E-state index >= 15 is 0 Å². The Bertz CT molecular complexity index is 311. The van der Waals surface area contributed by atoms with Crippen LogP contribution in [0.3, 0.4) is 0 Å². The minimum atomic E-state index is 0.959. The number of rotatable bonds is 4. The molecule has 1 aliphatic heterocycles. The van der Waals surface area contributed by atoms with Crippen LogP contribution in [-0.2, 0) is 6.54 Å². The van der Waals surface area contributed by atoms with Crippen molar-refractivity contribution in [2.45, 2.75) is 39.2 Å². The summed E-state index contributed by atoms with van der Waals surface area (Å²) in [6, 6.07) is 0. The van der Waals surface area contributed by atoms with Crippen LogP contribution in [0.25, 0.3) is 0 Å². The predicted molar refractivity (Wildman–Crippen MR) is 66.4 cm³/mol. The van der Waals surface area contributed by atoms with Gasteiger partial charge in [0.2, 0.25) is 0 Å². The fraction of sp³-hybridized carbons (Fsp3) is 0.769. The van der Waals surface area contributed by atoms with E-state index < -0.39 is 0 Å². The molecule has 3 heteroatoms. The van der Waals surface area contributed by atoms with Crippen LogP contribution < -0.4 is 0 Å². The second-order valence-electron chi connectivity index (χ2n) is 5.14. The first-order chi connectivity index (χ1) is 7.74. The highest BCUT2D eigenvalue weighted by Crippen LogP contribution is 2.21. The number of aryl methyl sites for hydroxylation is 2. The normalized spacial score (nSPS) is 19.1. The zero-order chi connectivity index (χ0) is 11.4. The zero-order valence-electron chi connectivity index (χ0n) is 10.5.